The van der Waals surface area contributed by atoms with Crippen LogP contribution in [0.25, 0.3) is 0 Å². The zero-order valence-electron chi connectivity index (χ0n) is 9.52. The predicted octanol–water partition coefficient (Wildman–Crippen LogP) is 2.70. The summed E-state index contributed by atoms with van der Waals surface area (Å²) in [5.41, 5.74) is 2.09. The van der Waals surface area contributed by atoms with Gasteiger partial charge in [-0.05, 0) is 0 Å². The first-order valence-electron chi connectivity index (χ1n) is 5.58. The molecule has 1 aliphatic heterocycles. The van der Waals surface area contributed by atoms with E-state index in [0.29, 0.717) is 0 Å². The van der Waals surface area contributed by atoms with Crippen LogP contribution < -0.4 is 0 Å². The quantitative estimate of drug-likeness (QED) is 0.765. The summed E-state index contributed by atoms with van der Waals surface area (Å²) in [5, 5.41) is 0. The first-order valence-corrected chi connectivity index (χ1v) is 7.11. The summed E-state index contributed by atoms with van der Waals surface area (Å²) in [7, 11) is 0. The molecule has 0 atom stereocenters. The number of nitrogens with zero attached hydrogens (tertiary/aromatic N) is 3. The number of rotatable bonds is 2. The Hall–Kier alpha value is -1.90. The van der Waals surface area contributed by atoms with Gasteiger partial charge < -0.3 is 0 Å². The van der Waals surface area contributed by atoms with Gasteiger partial charge in [-0.25, -0.2) is 0 Å². The van der Waals surface area contributed by atoms with Gasteiger partial charge in [0, 0.05) is 0 Å². The number of benzene rings is 2. The third-order valence-corrected chi connectivity index (χ3v) is 3.60. The Balaban J connectivity index is 1.99. The van der Waals surface area contributed by atoms with Crippen molar-refractivity contribution in [2.45, 2.75) is 0 Å². The van der Waals surface area contributed by atoms with Crippen LogP contribution in [0.15, 0.2) is 73.6 Å². The van der Waals surface area contributed by atoms with Crippen LogP contribution in [0, 0.1) is 0 Å². The molecule has 87 valence electrons. The first kappa shape index (κ1) is 11.2. The fourth-order valence-electron chi connectivity index (χ4n) is 1.65. The molecule has 1 radical (unpaired) electrons. The van der Waals surface area contributed by atoms with Gasteiger partial charge >= 0.3 is 111 Å². The molecule has 0 unspecified atom stereocenters. The molecule has 3 nitrogen and oxygen atoms in total. The SMILES string of the molecule is c1ccc(C2=N[Se]=NC(c3ccccc3)=N2)cc1. The van der Waals surface area contributed by atoms with Gasteiger partial charge in [0.25, 0.3) is 0 Å². The molecule has 3 rings (SSSR count). The molecule has 1 heterocycles. The van der Waals surface area contributed by atoms with Crippen molar-refractivity contribution >= 4 is 26.7 Å². The summed E-state index contributed by atoms with van der Waals surface area (Å²) >= 11 is -0.113. The second-order valence-electron chi connectivity index (χ2n) is 3.76. The second-order valence-corrected chi connectivity index (χ2v) is 4.86. The zero-order valence-corrected chi connectivity index (χ0v) is 11.2. The van der Waals surface area contributed by atoms with Crippen molar-refractivity contribution in [2.75, 3.05) is 0 Å². The van der Waals surface area contributed by atoms with E-state index in [-0.39, 0.29) is 15.0 Å². The van der Waals surface area contributed by atoms with Crippen molar-refractivity contribution in [2.24, 2.45) is 13.0 Å². The van der Waals surface area contributed by atoms with E-state index in [0.717, 1.165) is 22.8 Å². The van der Waals surface area contributed by atoms with Gasteiger partial charge in [-0.1, -0.05) is 0 Å². The average Bonchev–Trinajstić information content (AvgIpc) is 2.49. The second kappa shape index (κ2) is 5.17. The van der Waals surface area contributed by atoms with E-state index < -0.39 is 0 Å². The Morgan fingerprint density at radius 1 is 0.667 bits per heavy atom. The fourth-order valence-corrected chi connectivity index (χ4v) is 2.67. The molecule has 0 fully saturated rings. The summed E-state index contributed by atoms with van der Waals surface area (Å²) in [6.45, 7) is 0. The summed E-state index contributed by atoms with van der Waals surface area (Å²) in [4.78, 5) is 4.54. The predicted molar refractivity (Wildman–Crippen MR) is 74.1 cm³/mol. The first-order chi connectivity index (χ1) is 8.93. The molecule has 0 spiro atoms. The molecule has 0 saturated heterocycles. The van der Waals surface area contributed by atoms with Crippen molar-refractivity contribution in [1.29, 1.82) is 0 Å². The van der Waals surface area contributed by atoms with Crippen LogP contribution >= 0.6 is 0 Å². The summed E-state index contributed by atoms with van der Waals surface area (Å²) < 4.78 is 8.80. The molecule has 0 aromatic heterocycles. The van der Waals surface area contributed by atoms with Crippen LogP contribution in [-0.2, 0) is 0 Å². The van der Waals surface area contributed by atoms with E-state index in [1.807, 2.05) is 60.7 Å². The zero-order chi connectivity index (χ0) is 12.2. The Labute approximate surface area is 111 Å². The molecule has 0 amide bonds. The van der Waals surface area contributed by atoms with Crippen LogP contribution in [0.5, 0.6) is 0 Å². The third-order valence-electron chi connectivity index (χ3n) is 2.53. The monoisotopic (exact) mass is 300 g/mol. The van der Waals surface area contributed by atoms with Gasteiger partial charge in [0.1, 0.15) is 0 Å². The van der Waals surface area contributed by atoms with Gasteiger partial charge in [-0.15, -0.1) is 0 Å². The molecule has 18 heavy (non-hydrogen) atoms. The Morgan fingerprint density at radius 2 is 1.22 bits per heavy atom. The molecule has 0 bridgehead atoms. The van der Waals surface area contributed by atoms with Gasteiger partial charge in [0.15, 0.2) is 0 Å². The third kappa shape index (κ3) is 2.35. The van der Waals surface area contributed by atoms with Crippen molar-refractivity contribution in [3.8, 4) is 0 Å². The maximum atomic E-state index is 4.54. The average molecular weight is 299 g/mol. The molecule has 0 aliphatic carbocycles. The van der Waals surface area contributed by atoms with Crippen LogP contribution in [-0.4, -0.2) is 26.7 Å². The van der Waals surface area contributed by atoms with Crippen LogP contribution in [0.1, 0.15) is 11.1 Å². The van der Waals surface area contributed by atoms with Crippen molar-refractivity contribution in [3.63, 3.8) is 0 Å². The van der Waals surface area contributed by atoms with Crippen LogP contribution in [0.4, 0.5) is 0 Å². The van der Waals surface area contributed by atoms with Gasteiger partial charge in [0.05, 0.1) is 0 Å². The molecular weight excluding hydrogens is 289 g/mol. The van der Waals surface area contributed by atoms with Crippen molar-refractivity contribution in [3.05, 3.63) is 71.8 Å². The molecule has 0 saturated carbocycles. The number of hydrogen-bond donors (Lipinski definition) is 0. The molecule has 2 aromatic rings. The van der Waals surface area contributed by atoms with Crippen molar-refractivity contribution in [1.82, 2.24) is 0 Å². The normalized spacial score (nSPS) is 14.0. The number of hydrogen-bond acceptors (Lipinski definition) is 3. The standard InChI is InChI=1S/C14H10N3Se/c1-3-7-11(8-4-1)13-15-14(17-18-16-13)12-9-5-2-6-10-12/h1-10H. The van der Waals surface area contributed by atoms with E-state index in [4.69, 9.17) is 0 Å². The van der Waals surface area contributed by atoms with Crippen LogP contribution in [0.3, 0.4) is 0 Å². The van der Waals surface area contributed by atoms with E-state index in [2.05, 4.69) is 13.0 Å². The molecule has 1 aliphatic rings. The van der Waals surface area contributed by atoms with E-state index in [9.17, 15) is 0 Å². The molecule has 2 aromatic carbocycles. The van der Waals surface area contributed by atoms with Gasteiger partial charge in [0.2, 0.25) is 0 Å². The molecule has 0 N–H and O–H groups in total. The maximum absolute atomic E-state index is 4.54. The van der Waals surface area contributed by atoms with Crippen LogP contribution in [0.2, 0.25) is 0 Å². The Bertz CT molecular complexity index is 590. The number of aliphatic imine (C=N–C) groups is 1. The summed E-state index contributed by atoms with van der Waals surface area (Å²) in [6, 6.07) is 20.0. The fraction of sp³-hybridized carbons (Fsp3) is 0. The summed E-state index contributed by atoms with van der Waals surface area (Å²) in [6.07, 6.45) is 0. The Kier molecular flexibility index (Phi) is 3.22. The Morgan fingerprint density at radius 3 is 1.83 bits per heavy atom. The van der Waals surface area contributed by atoms with E-state index in [1.165, 1.54) is 0 Å². The van der Waals surface area contributed by atoms with E-state index in [1.54, 1.807) is 0 Å². The topological polar surface area (TPSA) is 37.1 Å². The molecular formula is C14H10N3Se. The van der Waals surface area contributed by atoms with Crippen molar-refractivity contribution < 1.29 is 0 Å². The van der Waals surface area contributed by atoms with E-state index >= 15 is 0 Å². The van der Waals surface area contributed by atoms with Gasteiger partial charge in [-0.2, -0.15) is 0 Å². The summed E-state index contributed by atoms with van der Waals surface area (Å²) in [5.74, 6) is 1.56. The minimum atomic E-state index is -0.113. The minimum absolute atomic E-state index is 0.113. The molecule has 4 heteroatoms. The number of amidine groups is 2. The van der Waals surface area contributed by atoms with Gasteiger partial charge in [-0.3, -0.25) is 0 Å².